The minimum Gasteiger partial charge on any atom is -0.472 e. The highest BCUT2D eigenvalue weighted by atomic mass is 16.5. The smallest absolute Gasteiger partial charge is 0.257 e. The fourth-order valence-corrected chi connectivity index (χ4v) is 4.65. The Morgan fingerprint density at radius 3 is 2.61 bits per heavy atom. The van der Waals surface area contributed by atoms with Crippen molar-refractivity contribution in [1.82, 2.24) is 19.4 Å². The van der Waals surface area contributed by atoms with Crippen LogP contribution in [0.5, 0.6) is 0 Å². The molecule has 0 radical (unpaired) electrons. The molecule has 2 aromatic rings. The SMILES string of the molecule is O=C(c1ccoc1)N1CCC2(CC1)O[C@H](C(=O)N1CCCC1)Cn1ccnc12. The molecule has 0 bridgehead atoms. The summed E-state index contributed by atoms with van der Waals surface area (Å²) < 4.78 is 13.5. The molecule has 0 aliphatic carbocycles. The van der Waals surface area contributed by atoms with Crippen LogP contribution >= 0.6 is 0 Å². The molecule has 28 heavy (non-hydrogen) atoms. The summed E-state index contributed by atoms with van der Waals surface area (Å²) in [5.74, 6) is 0.911. The second-order valence-corrected chi connectivity index (χ2v) is 7.84. The van der Waals surface area contributed by atoms with Gasteiger partial charge in [0.05, 0.1) is 18.4 Å². The molecule has 0 unspecified atom stereocenters. The molecule has 1 atom stereocenters. The Morgan fingerprint density at radius 1 is 1.11 bits per heavy atom. The van der Waals surface area contributed by atoms with Gasteiger partial charge < -0.3 is 23.5 Å². The average molecular weight is 384 g/mol. The van der Waals surface area contributed by atoms with Gasteiger partial charge in [-0.2, -0.15) is 0 Å². The van der Waals surface area contributed by atoms with Gasteiger partial charge in [0.25, 0.3) is 11.8 Å². The van der Waals surface area contributed by atoms with Crippen LogP contribution < -0.4 is 0 Å². The molecule has 2 amide bonds. The van der Waals surface area contributed by atoms with Crippen LogP contribution in [0.4, 0.5) is 0 Å². The normalized spacial score (nSPS) is 23.8. The maximum atomic E-state index is 13.0. The van der Waals surface area contributed by atoms with Crippen molar-refractivity contribution in [3.63, 3.8) is 0 Å². The number of ether oxygens (including phenoxy) is 1. The Kier molecular flexibility index (Phi) is 4.23. The van der Waals surface area contributed by atoms with Crippen molar-refractivity contribution >= 4 is 11.8 Å². The predicted octanol–water partition coefficient (Wildman–Crippen LogP) is 1.63. The molecule has 5 heterocycles. The summed E-state index contributed by atoms with van der Waals surface area (Å²) >= 11 is 0. The number of nitrogens with zero attached hydrogens (tertiary/aromatic N) is 4. The van der Waals surface area contributed by atoms with Crippen molar-refractivity contribution in [3.05, 3.63) is 42.4 Å². The number of hydrogen-bond acceptors (Lipinski definition) is 5. The van der Waals surface area contributed by atoms with E-state index in [0.29, 0.717) is 38.0 Å². The first-order valence-electron chi connectivity index (χ1n) is 9.96. The first kappa shape index (κ1) is 17.5. The fraction of sp³-hybridized carbons (Fsp3) is 0.550. The molecule has 3 aliphatic rings. The Bertz CT molecular complexity index is 861. The summed E-state index contributed by atoms with van der Waals surface area (Å²) in [4.78, 5) is 33.9. The monoisotopic (exact) mass is 384 g/mol. The Labute approximate surface area is 163 Å². The van der Waals surface area contributed by atoms with Crippen molar-refractivity contribution in [2.24, 2.45) is 0 Å². The lowest BCUT2D eigenvalue weighted by Crippen LogP contribution is -2.55. The zero-order valence-corrected chi connectivity index (χ0v) is 15.7. The highest BCUT2D eigenvalue weighted by Crippen LogP contribution is 2.40. The number of fused-ring (bicyclic) bond motifs is 2. The summed E-state index contributed by atoms with van der Waals surface area (Å²) in [5.41, 5.74) is -0.0567. The number of carbonyl (C=O) groups is 2. The second kappa shape index (κ2) is 6.77. The molecule has 2 aromatic heterocycles. The predicted molar refractivity (Wildman–Crippen MR) is 98.4 cm³/mol. The van der Waals surface area contributed by atoms with Crippen molar-refractivity contribution in [1.29, 1.82) is 0 Å². The number of amides is 2. The van der Waals surface area contributed by atoms with Crippen LogP contribution in [0, 0.1) is 0 Å². The van der Waals surface area contributed by atoms with Gasteiger partial charge in [-0.1, -0.05) is 0 Å². The van der Waals surface area contributed by atoms with Crippen LogP contribution in [0.3, 0.4) is 0 Å². The second-order valence-electron chi connectivity index (χ2n) is 7.84. The number of furan rings is 1. The summed E-state index contributed by atoms with van der Waals surface area (Å²) in [6.07, 6.45) is 9.55. The molecule has 8 nitrogen and oxygen atoms in total. The minimum absolute atomic E-state index is 0.0348. The van der Waals surface area contributed by atoms with Gasteiger partial charge in [-0.15, -0.1) is 0 Å². The molecular formula is C20H24N4O4. The molecule has 0 aromatic carbocycles. The lowest BCUT2D eigenvalue weighted by Gasteiger charge is -2.46. The van der Waals surface area contributed by atoms with Gasteiger partial charge in [-0.05, 0) is 18.9 Å². The lowest BCUT2D eigenvalue weighted by atomic mass is 9.88. The zero-order valence-electron chi connectivity index (χ0n) is 15.7. The summed E-state index contributed by atoms with van der Waals surface area (Å²) in [5, 5.41) is 0. The molecule has 148 valence electrons. The van der Waals surface area contributed by atoms with Crippen molar-refractivity contribution < 1.29 is 18.7 Å². The maximum absolute atomic E-state index is 13.0. The third kappa shape index (κ3) is 2.83. The van der Waals surface area contributed by atoms with E-state index < -0.39 is 11.7 Å². The van der Waals surface area contributed by atoms with Gasteiger partial charge in [0.2, 0.25) is 0 Å². The molecule has 1 spiro atoms. The van der Waals surface area contributed by atoms with E-state index in [1.54, 1.807) is 12.3 Å². The largest absolute Gasteiger partial charge is 0.472 e. The van der Waals surface area contributed by atoms with E-state index in [4.69, 9.17) is 9.15 Å². The van der Waals surface area contributed by atoms with Gasteiger partial charge in [0, 0.05) is 51.4 Å². The van der Waals surface area contributed by atoms with E-state index in [1.807, 2.05) is 16.0 Å². The maximum Gasteiger partial charge on any atom is 0.257 e. The Balaban J connectivity index is 1.35. The van der Waals surface area contributed by atoms with E-state index in [9.17, 15) is 9.59 Å². The molecule has 2 saturated heterocycles. The third-order valence-corrected chi connectivity index (χ3v) is 6.17. The molecule has 0 saturated carbocycles. The first-order chi connectivity index (χ1) is 13.7. The quantitative estimate of drug-likeness (QED) is 0.786. The molecule has 5 rings (SSSR count). The number of hydrogen-bond donors (Lipinski definition) is 0. The number of rotatable bonds is 2. The summed E-state index contributed by atoms with van der Waals surface area (Å²) in [6.45, 7) is 3.25. The van der Waals surface area contributed by atoms with Crippen LogP contribution in [-0.2, 0) is 21.7 Å². The topological polar surface area (TPSA) is 80.8 Å². The van der Waals surface area contributed by atoms with Crippen LogP contribution in [-0.4, -0.2) is 63.4 Å². The van der Waals surface area contributed by atoms with Crippen LogP contribution in [0.15, 0.2) is 35.4 Å². The first-order valence-corrected chi connectivity index (χ1v) is 9.96. The van der Waals surface area contributed by atoms with Crippen LogP contribution in [0.2, 0.25) is 0 Å². The average Bonchev–Trinajstić information content (AvgIpc) is 3.50. The van der Waals surface area contributed by atoms with Gasteiger partial charge in [-0.3, -0.25) is 9.59 Å². The Hall–Kier alpha value is -2.61. The standard InChI is InChI=1S/C20H24N4O4/c25-17(15-3-12-27-14-15)23-9-4-20(5-10-23)19-21-6-11-24(19)13-16(28-20)18(26)22-7-1-2-8-22/h3,6,11-12,14,16H,1-2,4-5,7-10,13H2/t16-/m0/s1. The molecule has 2 fully saturated rings. The number of aromatic nitrogens is 2. The van der Waals surface area contributed by atoms with E-state index in [1.165, 1.54) is 12.5 Å². The van der Waals surface area contributed by atoms with Crippen LogP contribution in [0.25, 0.3) is 0 Å². The zero-order chi connectivity index (χ0) is 19.1. The van der Waals surface area contributed by atoms with Gasteiger partial charge in [0.1, 0.15) is 17.7 Å². The van der Waals surface area contributed by atoms with Crippen LogP contribution in [0.1, 0.15) is 41.9 Å². The summed E-state index contributed by atoms with van der Waals surface area (Å²) in [7, 11) is 0. The minimum atomic E-state index is -0.616. The highest BCUT2D eigenvalue weighted by Gasteiger charge is 2.48. The molecule has 8 heteroatoms. The van der Waals surface area contributed by atoms with Gasteiger partial charge in [0.15, 0.2) is 6.10 Å². The third-order valence-electron chi connectivity index (χ3n) is 6.17. The number of imidazole rings is 1. The van der Waals surface area contributed by atoms with E-state index in [-0.39, 0.29) is 11.8 Å². The molecule has 3 aliphatic heterocycles. The molecule has 0 N–H and O–H groups in total. The van der Waals surface area contributed by atoms with E-state index in [0.717, 1.165) is 31.8 Å². The highest BCUT2D eigenvalue weighted by molar-refractivity contribution is 5.93. The number of carbonyl (C=O) groups excluding carboxylic acids is 2. The van der Waals surface area contributed by atoms with Gasteiger partial charge in [-0.25, -0.2) is 4.98 Å². The van der Waals surface area contributed by atoms with Crippen molar-refractivity contribution in [2.75, 3.05) is 26.2 Å². The summed E-state index contributed by atoms with van der Waals surface area (Å²) in [6, 6.07) is 1.68. The van der Waals surface area contributed by atoms with Crippen molar-refractivity contribution in [2.45, 2.75) is 43.9 Å². The fourth-order valence-electron chi connectivity index (χ4n) is 4.65. The number of likely N-dealkylation sites (tertiary alicyclic amines) is 2. The lowest BCUT2D eigenvalue weighted by molar-refractivity contribution is -0.179. The van der Waals surface area contributed by atoms with Gasteiger partial charge >= 0.3 is 0 Å². The van der Waals surface area contributed by atoms with E-state index >= 15 is 0 Å². The van der Waals surface area contributed by atoms with E-state index in [2.05, 4.69) is 9.55 Å². The van der Waals surface area contributed by atoms with Crippen molar-refractivity contribution in [3.8, 4) is 0 Å². The Morgan fingerprint density at radius 2 is 1.89 bits per heavy atom. The molecular weight excluding hydrogens is 360 g/mol. The number of piperidine rings is 1.